The van der Waals surface area contributed by atoms with Crippen LogP contribution in [0, 0.1) is 23.7 Å². The minimum absolute atomic E-state index is 0.245. The van der Waals surface area contributed by atoms with Crippen LogP contribution in [-0.2, 0) is 4.79 Å². The molecule has 0 aromatic heterocycles. The maximum Gasteiger partial charge on any atom is 0.234 e. The molecule has 5 fully saturated rings. The number of fused-ring (bicyclic) bond motifs is 1. The van der Waals surface area contributed by atoms with Gasteiger partial charge in [-0.1, -0.05) is 18.2 Å². The Kier molecular flexibility index (Phi) is 4.85. The smallest absolute Gasteiger partial charge is 0.234 e. The van der Waals surface area contributed by atoms with Gasteiger partial charge in [-0.15, -0.1) is 0 Å². The van der Waals surface area contributed by atoms with Crippen molar-refractivity contribution in [2.75, 3.05) is 37.6 Å². The van der Waals surface area contributed by atoms with E-state index < -0.39 is 0 Å². The van der Waals surface area contributed by atoms with Crippen LogP contribution in [0.3, 0.4) is 0 Å². The summed E-state index contributed by atoms with van der Waals surface area (Å²) in [7, 11) is 0. The lowest BCUT2D eigenvalue weighted by molar-refractivity contribution is -0.123. The molecule has 5 atom stereocenters. The van der Waals surface area contributed by atoms with Crippen molar-refractivity contribution in [2.45, 2.75) is 44.6 Å². The van der Waals surface area contributed by atoms with Crippen LogP contribution < -0.4 is 10.2 Å². The van der Waals surface area contributed by atoms with Gasteiger partial charge in [-0.3, -0.25) is 9.69 Å². The molecule has 0 radical (unpaired) electrons. The van der Waals surface area contributed by atoms with E-state index in [1.54, 1.807) is 0 Å². The largest absolute Gasteiger partial charge is 0.371 e. The summed E-state index contributed by atoms with van der Waals surface area (Å²) in [6.45, 7) is 4.77. The van der Waals surface area contributed by atoms with E-state index in [2.05, 4.69) is 45.4 Å². The molecule has 3 aliphatic heterocycles. The highest BCUT2D eigenvalue weighted by Gasteiger charge is 2.42. The van der Waals surface area contributed by atoms with Crippen LogP contribution in [-0.4, -0.2) is 49.6 Å². The third-order valence-electron chi connectivity index (χ3n) is 7.56. The summed E-state index contributed by atoms with van der Waals surface area (Å²) in [5.74, 6) is 3.56. The number of para-hydroxylation sites is 1. The molecule has 2 aliphatic carbocycles. The predicted octanol–water partition coefficient (Wildman–Crippen LogP) is 3.14. The van der Waals surface area contributed by atoms with Crippen LogP contribution in [0.1, 0.15) is 38.5 Å². The van der Waals surface area contributed by atoms with Gasteiger partial charge in [0.1, 0.15) is 0 Å². The Balaban J connectivity index is 1.10. The molecule has 4 nitrogen and oxygen atoms in total. The van der Waals surface area contributed by atoms with Gasteiger partial charge in [-0.25, -0.2) is 0 Å². The van der Waals surface area contributed by atoms with E-state index in [1.807, 2.05) is 0 Å². The topological polar surface area (TPSA) is 35.6 Å². The van der Waals surface area contributed by atoms with E-state index in [1.165, 1.54) is 44.2 Å². The van der Waals surface area contributed by atoms with Crippen LogP contribution >= 0.6 is 0 Å². The average Bonchev–Trinajstić information content (AvgIpc) is 3.07. The van der Waals surface area contributed by atoms with Gasteiger partial charge in [0, 0.05) is 37.9 Å². The third kappa shape index (κ3) is 3.87. The molecular formula is C23H33N3O. The molecule has 1 N–H and O–H groups in total. The van der Waals surface area contributed by atoms with Crippen LogP contribution in [0.5, 0.6) is 0 Å². The second kappa shape index (κ2) is 7.46. The van der Waals surface area contributed by atoms with E-state index in [0.717, 1.165) is 43.9 Å². The molecule has 1 aromatic rings. The van der Waals surface area contributed by atoms with Gasteiger partial charge in [0.25, 0.3) is 0 Å². The van der Waals surface area contributed by atoms with Gasteiger partial charge in [0.2, 0.25) is 5.91 Å². The van der Waals surface area contributed by atoms with Gasteiger partial charge < -0.3 is 10.2 Å². The maximum atomic E-state index is 12.6. The highest BCUT2D eigenvalue weighted by molar-refractivity contribution is 5.78. The van der Waals surface area contributed by atoms with E-state index >= 15 is 0 Å². The molecular weight excluding hydrogens is 334 g/mol. The number of nitrogens with zero attached hydrogens (tertiary/aromatic N) is 2. The fourth-order valence-electron chi connectivity index (χ4n) is 6.45. The van der Waals surface area contributed by atoms with Crippen molar-refractivity contribution in [2.24, 2.45) is 23.7 Å². The zero-order chi connectivity index (χ0) is 18.2. The number of carbonyl (C=O) groups is 1. The number of hydrogen-bond acceptors (Lipinski definition) is 3. The Morgan fingerprint density at radius 1 is 0.963 bits per heavy atom. The Bertz CT molecular complexity index is 649. The lowest BCUT2D eigenvalue weighted by Gasteiger charge is -2.39. The minimum atomic E-state index is 0.245. The summed E-state index contributed by atoms with van der Waals surface area (Å²) in [6, 6.07) is 11.3. The van der Waals surface area contributed by atoms with Crippen LogP contribution in [0.2, 0.25) is 0 Å². The predicted molar refractivity (Wildman–Crippen MR) is 109 cm³/mol. The number of rotatable bonds is 5. The van der Waals surface area contributed by atoms with Gasteiger partial charge in [0.05, 0.1) is 6.54 Å². The second-order valence-corrected chi connectivity index (χ2v) is 9.60. The Labute approximate surface area is 163 Å². The minimum Gasteiger partial charge on any atom is -0.371 e. The first-order valence-electron chi connectivity index (χ1n) is 11.0. The second-order valence-electron chi connectivity index (χ2n) is 9.60. The summed E-state index contributed by atoms with van der Waals surface area (Å²) in [6.07, 6.45) is 8.16. The Morgan fingerprint density at radius 2 is 1.70 bits per heavy atom. The van der Waals surface area contributed by atoms with Gasteiger partial charge in [-0.05, 0) is 74.3 Å². The van der Waals surface area contributed by atoms with Crippen molar-refractivity contribution in [3.63, 3.8) is 0 Å². The first-order valence-corrected chi connectivity index (χ1v) is 11.0. The molecule has 5 aliphatic rings. The summed E-state index contributed by atoms with van der Waals surface area (Å²) in [5.41, 5.74) is 1.31. The van der Waals surface area contributed by atoms with Crippen LogP contribution in [0.4, 0.5) is 5.69 Å². The standard InChI is InChI=1S/C23H33N3O/c27-23(16-26-15-20-9-18-8-19(10-20)12-22(26)11-18)24-13-17-6-7-25(14-17)21-4-2-1-3-5-21/h1-5,17-20,22H,6-16H2,(H,24,27)/t17-,18-,19+,20?,22?/m0/s1. The maximum absolute atomic E-state index is 12.6. The zero-order valence-corrected chi connectivity index (χ0v) is 16.4. The van der Waals surface area contributed by atoms with E-state index in [-0.39, 0.29) is 5.91 Å². The van der Waals surface area contributed by atoms with Gasteiger partial charge >= 0.3 is 0 Å². The molecule has 4 bridgehead atoms. The zero-order valence-electron chi connectivity index (χ0n) is 16.4. The van der Waals surface area contributed by atoms with Crippen LogP contribution in [0.15, 0.2) is 30.3 Å². The monoisotopic (exact) mass is 367 g/mol. The molecule has 2 unspecified atom stereocenters. The quantitative estimate of drug-likeness (QED) is 0.868. The molecule has 27 heavy (non-hydrogen) atoms. The van der Waals surface area contributed by atoms with Crippen LogP contribution in [0.25, 0.3) is 0 Å². The van der Waals surface area contributed by atoms with E-state index in [0.29, 0.717) is 18.5 Å². The van der Waals surface area contributed by atoms with Crippen molar-refractivity contribution in [1.29, 1.82) is 0 Å². The molecule has 3 heterocycles. The molecule has 1 amide bonds. The van der Waals surface area contributed by atoms with Crippen molar-refractivity contribution in [1.82, 2.24) is 10.2 Å². The number of hydrogen-bond donors (Lipinski definition) is 1. The molecule has 0 spiro atoms. The fraction of sp³-hybridized carbons (Fsp3) is 0.696. The normalized spacial score (nSPS) is 35.4. The lowest BCUT2D eigenvalue weighted by Crippen LogP contribution is -2.45. The summed E-state index contributed by atoms with van der Waals surface area (Å²) >= 11 is 0. The average molecular weight is 368 g/mol. The number of anilines is 1. The van der Waals surface area contributed by atoms with E-state index in [4.69, 9.17) is 0 Å². The summed E-state index contributed by atoms with van der Waals surface area (Å²) in [5, 5.41) is 3.26. The molecule has 3 saturated heterocycles. The van der Waals surface area contributed by atoms with Crippen molar-refractivity contribution in [3.8, 4) is 0 Å². The van der Waals surface area contributed by atoms with Crippen molar-refractivity contribution < 1.29 is 4.79 Å². The Hall–Kier alpha value is -1.55. The Morgan fingerprint density at radius 3 is 2.48 bits per heavy atom. The lowest BCUT2D eigenvalue weighted by atomic mass is 9.68. The molecule has 146 valence electrons. The van der Waals surface area contributed by atoms with Gasteiger partial charge in [0.15, 0.2) is 0 Å². The molecule has 2 saturated carbocycles. The first kappa shape index (κ1) is 17.5. The SMILES string of the molecule is O=C(CN1CC2C[C@@H]3CC1C[C@H](C2)C3)NC[C@@H]1CCN(c2ccccc2)C1. The van der Waals surface area contributed by atoms with Crippen molar-refractivity contribution >= 4 is 11.6 Å². The number of nitrogens with one attached hydrogen (secondary N) is 1. The highest BCUT2D eigenvalue weighted by Crippen LogP contribution is 2.47. The summed E-state index contributed by atoms with van der Waals surface area (Å²) in [4.78, 5) is 17.6. The number of amides is 1. The first-order chi connectivity index (χ1) is 13.2. The number of carbonyl (C=O) groups excluding carboxylic acids is 1. The number of benzene rings is 1. The molecule has 4 heteroatoms. The fourth-order valence-corrected chi connectivity index (χ4v) is 6.45. The molecule has 1 aromatic carbocycles. The van der Waals surface area contributed by atoms with Gasteiger partial charge in [-0.2, -0.15) is 0 Å². The molecule has 6 rings (SSSR count). The summed E-state index contributed by atoms with van der Waals surface area (Å²) < 4.78 is 0. The van der Waals surface area contributed by atoms with E-state index in [9.17, 15) is 4.79 Å². The third-order valence-corrected chi connectivity index (χ3v) is 7.56. The van der Waals surface area contributed by atoms with Crippen molar-refractivity contribution in [3.05, 3.63) is 30.3 Å². The highest BCUT2D eigenvalue weighted by atomic mass is 16.2.